The van der Waals surface area contributed by atoms with Gasteiger partial charge >= 0.3 is 0 Å². The Bertz CT molecular complexity index is 546. The summed E-state index contributed by atoms with van der Waals surface area (Å²) in [6.45, 7) is 4.99. The minimum Gasteiger partial charge on any atom is -0.326 e. The summed E-state index contributed by atoms with van der Waals surface area (Å²) in [4.78, 5) is 0. The maximum Gasteiger partial charge on any atom is 0.0412 e. The normalized spacial score (nSPS) is 12.4. The van der Waals surface area contributed by atoms with Crippen LogP contribution < -0.4 is 5.73 Å². The first-order chi connectivity index (χ1) is 9.15. The molecule has 2 rings (SSSR count). The Balaban J connectivity index is 2.39. The lowest BCUT2D eigenvalue weighted by Gasteiger charge is -2.12. The van der Waals surface area contributed by atoms with Crippen molar-refractivity contribution < 1.29 is 0 Å². The van der Waals surface area contributed by atoms with E-state index in [2.05, 4.69) is 38.1 Å². The summed E-state index contributed by atoms with van der Waals surface area (Å²) in [5.74, 6) is 0.599. The fraction of sp³-hybridized carbons (Fsp3) is 0.294. The Hall–Kier alpha value is -1.31. The predicted octanol–water partition coefficient (Wildman–Crippen LogP) is 4.98. The molecule has 0 aliphatic carbocycles. The largest absolute Gasteiger partial charge is 0.326 e. The summed E-state index contributed by atoms with van der Waals surface area (Å²) >= 11 is 6.09. The summed E-state index contributed by atoms with van der Waals surface area (Å²) in [5.41, 5.74) is 10.6. The molecule has 0 heterocycles. The van der Waals surface area contributed by atoms with Gasteiger partial charge in [-0.1, -0.05) is 55.8 Å². The third-order valence-electron chi connectivity index (χ3n) is 3.69. The zero-order valence-corrected chi connectivity index (χ0v) is 12.2. The van der Waals surface area contributed by atoms with Crippen LogP contribution >= 0.6 is 11.6 Å². The van der Waals surface area contributed by atoms with Crippen LogP contribution in [0.4, 0.5) is 0 Å². The van der Waals surface area contributed by atoms with Gasteiger partial charge in [0.25, 0.3) is 0 Å². The first-order valence-corrected chi connectivity index (χ1v) is 7.12. The SMILES string of the molecule is CCC(C)c1ccc(-c2cc(Cl)ccc2CN)cc1. The molecule has 100 valence electrons. The van der Waals surface area contributed by atoms with Gasteiger partial charge in [0.15, 0.2) is 0 Å². The van der Waals surface area contributed by atoms with E-state index in [9.17, 15) is 0 Å². The Kier molecular flexibility index (Phi) is 4.62. The van der Waals surface area contributed by atoms with Crippen LogP contribution in [0.25, 0.3) is 11.1 Å². The lowest BCUT2D eigenvalue weighted by Crippen LogP contribution is -1.99. The highest BCUT2D eigenvalue weighted by Crippen LogP contribution is 2.28. The maximum absolute atomic E-state index is 6.09. The van der Waals surface area contributed by atoms with Crippen LogP contribution in [-0.2, 0) is 6.54 Å². The van der Waals surface area contributed by atoms with E-state index >= 15 is 0 Å². The van der Waals surface area contributed by atoms with Gasteiger partial charge < -0.3 is 5.73 Å². The summed E-state index contributed by atoms with van der Waals surface area (Å²) in [5, 5.41) is 0.748. The number of nitrogens with two attached hydrogens (primary N) is 1. The Morgan fingerprint density at radius 2 is 1.79 bits per heavy atom. The zero-order valence-electron chi connectivity index (χ0n) is 11.5. The van der Waals surface area contributed by atoms with E-state index in [0.29, 0.717) is 12.5 Å². The molecule has 1 unspecified atom stereocenters. The Morgan fingerprint density at radius 3 is 2.37 bits per heavy atom. The van der Waals surface area contributed by atoms with E-state index in [0.717, 1.165) is 22.6 Å². The van der Waals surface area contributed by atoms with Crippen LogP contribution in [-0.4, -0.2) is 0 Å². The summed E-state index contributed by atoms with van der Waals surface area (Å²) in [7, 11) is 0. The van der Waals surface area contributed by atoms with Gasteiger partial charge in [0, 0.05) is 11.6 Å². The highest BCUT2D eigenvalue weighted by atomic mass is 35.5. The van der Waals surface area contributed by atoms with Gasteiger partial charge in [-0.3, -0.25) is 0 Å². The average molecular weight is 274 g/mol. The molecule has 0 bridgehead atoms. The number of benzene rings is 2. The zero-order chi connectivity index (χ0) is 13.8. The average Bonchev–Trinajstić information content (AvgIpc) is 2.46. The van der Waals surface area contributed by atoms with E-state index in [1.807, 2.05) is 18.2 Å². The molecule has 2 N–H and O–H groups in total. The van der Waals surface area contributed by atoms with Crippen molar-refractivity contribution in [2.45, 2.75) is 32.7 Å². The molecule has 0 amide bonds. The van der Waals surface area contributed by atoms with Crippen molar-refractivity contribution in [1.29, 1.82) is 0 Å². The first kappa shape index (κ1) is 14.1. The van der Waals surface area contributed by atoms with Crippen LogP contribution in [0.3, 0.4) is 0 Å². The Morgan fingerprint density at radius 1 is 1.11 bits per heavy atom. The monoisotopic (exact) mass is 273 g/mol. The van der Waals surface area contributed by atoms with Crippen molar-refractivity contribution in [1.82, 2.24) is 0 Å². The fourth-order valence-corrected chi connectivity index (χ4v) is 2.39. The van der Waals surface area contributed by atoms with Crippen molar-refractivity contribution >= 4 is 11.6 Å². The molecular formula is C17H20ClN. The standard InChI is InChI=1S/C17H20ClN/c1-3-12(2)13-4-6-14(7-5-13)17-10-16(18)9-8-15(17)11-19/h4-10,12H,3,11,19H2,1-2H3. The van der Waals surface area contributed by atoms with Gasteiger partial charge in [0.1, 0.15) is 0 Å². The number of rotatable bonds is 4. The molecule has 0 aliphatic heterocycles. The lowest BCUT2D eigenvalue weighted by molar-refractivity contribution is 0.734. The highest BCUT2D eigenvalue weighted by molar-refractivity contribution is 6.30. The van der Waals surface area contributed by atoms with E-state index in [4.69, 9.17) is 17.3 Å². The second kappa shape index (κ2) is 6.23. The molecule has 1 atom stereocenters. The minimum atomic E-state index is 0.527. The van der Waals surface area contributed by atoms with E-state index in [-0.39, 0.29) is 0 Å². The van der Waals surface area contributed by atoms with Crippen molar-refractivity contribution in [2.75, 3.05) is 0 Å². The van der Waals surface area contributed by atoms with Gasteiger partial charge in [-0.25, -0.2) is 0 Å². The number of hydrogen-bond acceptors (Lipinski definition) is 1. The maximum atomic E-state index is 6.09. The first-order valence-electron chi connectivity index (χ1n) is 6.74. The van der Waals surface area contributed by atoms with Gasteiger partial charge in [0.2, 0.25) is 0 Å². The number of halogens is 1. The molecular weight excluding hydrogens is 254 g/mol. The van der Waals surface area contributed by atoms with Crippen LogP contribution in [0.15, 0.2) is 42.5 Å². The van der Waals surface area contributed by atoms with Gasteiger partial charge in [-0.2, -0.15) is 0 Å². The van der Waals surface area contributed by atoms with Crippen LogP contribution in [0.2, 0.25) is 5.02 Å². The summed E-state index contributed by atoms with van der Waals surface area (Å²) in [6, 6.07) is 14.6. The molecule has 0 saturated carbocycles. The van der Waals surface area contributed by atoms with Crippen LogP contribution in [0, 0.1) is 0 Å². The smallest absolute Gasteiger partial charge is 0.0412 e. The van der Waals surface area contributed by atoms with Gasteiger partial charge in [-0.05, 0) is 46.7 Å². The summed E-state index contributed by atoms with van der Waals surface area (Å²) in [6.07, 6.45) is 1.16. The second-order valence-electron chi connectivity index (χ2n) is 4.94. The van der Waals surface area contributed by atoms with Crippen LogP contribution in [0.1, 0.15) is 37.3 Å². The van der Waals surface area contributed by atoms with Crippen LogP contribution in [0.5, 0.6) is 0 Å². The molecule has 2 aromatic rings. The van der Waals surface area contributed by atoms with Crippen molar-refractivity contribution in [3.63, 3.8) is 0 Å². The molecule has 0 radical (unpaired) electrons. The molecule has 2 heteroatoms. The highest BCUT2D eigenvalue weighted by Gasteiger charge is 2.07. The topological polar surface area (TPSA) is 26.0 Å². The second-order valence-corrected chi connectivity index (χ2v) is 5.37. The molecule has 0 fully saturated rings. The predicted molar refractivity (Wildman–Crippen MR) is 83.5 cm³/mol. The molecule has 0 saturated heterocycles. The van der Waals surface area contributed by atoms with Crippen molar-refractivity contribution in [3.05, 3.63) is 58.6 Å². The molecule has 0 aliphatic rings. The van der Waals surface area contributed by atoms with E-state index < -0.39 is 0 Å². The third kappa shape index (κ3) is 3.17. The van der Waals surface area contributed by atoms with Gasteiger partial charge in [-0.15, -0.1) is 0 Å². The Labute approximate surface area is 120 Å². The fourth-order valence-electron chi connectivity index (χ4n) is 2.22. The molecule has 19 heavy (non-hydrogen) atoms. The van der Waals surface area contributed by atoms with Crippen molar-refractivity contribution in [2.24, 2.45) is 5.73 Å². The minimum absolute atomic E-state index is 0.527. The molecule has 1 nitrogen and oxygen atoms in total. The quantitative estimate of drug-likeness (QED) is 0.835. The van der Waals surface area contributed by atoms with E-state index in [1.165, 1.54) is 11.1 Å². The third-order valence-corrected chi connectivity index (χ3v) is 3.93. The van der Waals surface area contributed by atoms with E-state index in [1.54, 1.807) is 0 Å². The number of hydrogen-bond donors (Lipinski definition) is 1. The lowest BCUT2D eigenvalue weighted by atomic mass is 9.94. The molecule has 2 aromatic carbocycles. The van der Waals surface area contributed by atoms with Crippen molar-refractivity contribution in [3.8, 4) is 11.1 Å². The molecule has 0 spiro atoms. The summed E-state index contributed by atoms with van der Waals surface area (Å²) < 4.78 is 0. The van der Waals surface area contributed by atoms with Gasteiger partial charge in [0.05, 0.1) is 0 Å². The molecule has 0 aromatic heterocycles.